The molecule has 0 spiro atoms. The van der Waals surface area contributed by atoms with Crippen LogP contribution in [-0.4, -0.2) is 51.2 Å². The third kappa shape index (κ3) is 6.32. The number of aromatic nitrogens is 2. The molecule has 0 aliphatic carbocycles. The minimum Gasteiger partial charge on any atom is -0.339 e. The van der Waals surface area contributed by atoms with Gasteiger partial charge in [-0.2, -0.15) is 18.4 Å². The Bertz CT molecular complexity index is 1280. The molecule has 1 aromatic carbocycles. The average molecular weight is 528 g/mol. The van der Waals surface area contributed by atoms with Crippen LogP contribution in [0.1, 0.15) is 62.2 Å². The summed E-state index contributed by atoms with van der Waals surface area (Å²) in [4.78, 5) is 37.6. The molecule has 1 aliphatic rings. The van der Waals surface area contributed by atoms with Crippen LogP contribution in [0.5, 0.6) is 0 Å². The number of nitriles is 1. The Balaban J connectivity index is 1.41. The van der Waals surface area contributed by atoms with Crippen LogP contribution in [-0.2, 0) is 12.7 Å². The van der Waals surface area contributed by atoms with Crippen LogP contribution >= 0.6 is 11.3 Å². The van der Waals surface area contributed by atoms with E-state index in [-0.39, 0.29) is 30.4 Å². The number of thiazole rings is 1. The summed E-state index contributed by atoms with van der Waals surface area (Å²) in [5.41, 5.74) is -0.146. The number of pyridine rings is 1. The molecule has 2 aromatic heterocycles. The van der Waals surface area contributed by atoms with Gasteiger partial charge in [0.25, 0.3) is 11.8 Å². The predicted molar refractivity (Wildman–Crippen MR) is 131 cm³/mol. The first kappa shape index (κ1) is 26.3. The van der Waals surface area contributed by atoms with E-state index in [2.05, 4.69) is 16.0 Å². The lowest BCUT2D eigenvalue weighted by Gasteiger charge is -2.31. The molecular weight excluding hydrogens is 503 g/mol. The van der Waals surface area contributed by atoms with E-state index < -0.39 is 17.6 Å². The Morgan fingerprint density at radius 1 is 1.16 bits per heavy atom. The second kappa shape index (κ2) is 11.5. The zero-order chi connectivity index (χ0) is 26.4. The van der Waals surface area contributed by atoms with Gasteiger partial charge in [-0.05, 0) is 36.6 Å². The number of piperidine rings is 1. The molecule has 0 atom stereocenters. The number of carbonyl (C=O) groups is 2. The van der Waals surface area contributed by atoms with E-state index in [0.717, 1.165) is 16.6 Å². The zero-order valence-electron chi connectivity index (χ0n) is 19.8. The molecule has 2 amide bonds. The van der Waals surface area contributed by atoms with Crippen LogP contribution in [0.4, 0.5) is 13.2 Å². The van der Waals surface area contributed by atoms with Gasteiger partial charge in [0, 0.05) is 49.9 Å². The number of carbonyl (C=O) groups excluding carboxylic acids is 2. The van der Waals surface area contributed by atoms with Crippen LogP contribution in [0.3, 0.4) is 0 Å². The summed E-state index contributed by atoms with van der Waals surface area (Å²) in [6.07, 6.45) is -0.0315. The number of benzene rings is 1. The van der Waals surface area contributed by atoms with Gasteiger partial charge in [-0.15, -0.1) is 11.3 Å². The van der Waals surface area contributed by atoms with E-state index in [0.29, 0.717) is 38.2 Å². The van der Waals surface area contributed by atoms with Gasteiger partial charge in [-0.3, -0.25) is 14.6 Å². The standard InChI is InChI=1S/C26H24F3N5O2S/c27-26(28,29)21-7-2-1-6-20(21)24(35)33-13-8-19(9-14-33)23-32-22(17-37-23)25(36)34(12-4-10-30)16-18-5-3-11-31-15-18/h1-3,5-7,11,15,17,19H,4,8-9,12-14,16H2. The van der Waals surface area contributed by atoms with Crippen molar-refractivity contribution in [2.75, 3.05) is 19.6 Å². The van der Waals surface area contributed by atoms with Crippen molar-refractivity contribution in [1.29, 1.82) is 5.26 Å². The summed E-state index contributed by atoms with van der Waals surface area (Å²) < 4.78 is 40.0. The van der Waals surface area contributed by atoms with Crippen molar-refractivity contribution in [1.82, 2.24) is 19.8 Å². The quantitative estimate of drug-likeness (QED) is 0.425. The van der Waals surface area contributed by atoms with Crippen molar-refractivity contribution in [2.45, 2.75) is 37.9 Å². The fraction of sp³-hybridized carbons (Fsp3) is 0.346. The smallest absolute Gasteiger partial charge is 0.339 e. The van der Waals surface area contributed by atoms with Crippen LogP contribution in [0, 0.1) is 11.3 Å². The molecule has 0 bridgehead atoms. The van der Waals surface area contributed by atoms with Crippen molar-refractivity contribution in [3.05, 3.63) is 81.6 Å². The molecule has 0 N–H and O–H groups in total. The number of rotatable bonds is 7. The molecule has 0 unspecified atom stereocenters. The molecule has 4 rings (SSSR count). The molecule has 3 aromatic rings. The van der Waals surface area contributed by atoms with E-state index in [1.807, 2.05) is 6.07 Å². The van der Waals surface area contributed by atoms with Gasteiger partial charge in [0.15, 0.2) is 0 Å². The number of likely N-dealkylation sites (tertiary alicyclic amines) is 1. The molecule has 1 saturated heterocycles. The van der Waals surface area contributed by atoms with E-state index in [1.54, 1.807) is 28.7 Å². The fourth-order valence-electron chi connectivity index (χ4n) is 4.30. The SMILES string of the molecule is N#CCCN(Cc1cccnc1)C(=O)c1csc(C2CCN(C(=O)c3ccccc3C(F)(F)F)CC2)n1. The van der Waals surface area contributed by atoms with Gasteiger partial charge in [-0.1, -0.05) is 18.2 Å². The van der Waals surface area contributed by atoms with Crippen molar-refractivity contribution in [2.24, 2.45) is 0 Å². The number of alkyl halides is 3. The van der Waals surface area contributed by atoms with E-state index in [1.165, 1.54) is 34.4 Å². The number of halogens is 3. The van der Waals surface area contributed by atoms with E-state index >= 15 is 0 Å². The lowest BCUT2D eigenvalue weighted by molar-refractivity contribution is -0.138. The van der Waals surface area contributed by atoms with Crippen molar-refractivity contribution < 1.29 is 22.8 Å². The van der Waals surface area contributed by atoms with Crippen molar-refractivity contribution in [3.8, 4) is 6.07 Å². The Kier molecular flexibility index (Phi) is 8.18. The summed E-state index contributed by atoms with van der Waals surface area (Å²) in [7, 11) is 0. The molecule has 0 saturated carbocycles. The third-order valence-electron chi connectivity index (χ3n) is 6.21. The molecule has 0 radical (unpaired) electrons. The summed E-state index contributed by atoms with van der Waals surface area (Å²) >= 11 is 1.36. The first-order valence-corrected chi connectivity index (χ1v) is 12.6. The maximum Gasteiger partial charge on any atom is 0.417 e. The lowest BCUT2D eigenvalue weighted by Crippen LogP contribution is -2.38. The fourth-order valence-corrected chi connectivity index (χ4v) is 5.27. The third-order valence-corrected chi connectivity index (χ3v) is 7.22. The number of hydrogen-bond donors (Lipinski definition) is 0. The second-order valence-electron chi connectivity index (χ2n) is 8.68. The largest absolute Gasteiger partial charge is 0.417 e. The predicted octanol–water partition coefficient (Wildman–Crippen LogP) is 5.13. The van der Waals surface area contributed by atoms with Crippen molar-refractivity contribution >= 4 is 23.2 Å². The minimum atomic E-state index is -4.60. The molecule has 7 nitrogen and oxygen atoms in total. The Morgan fingerprint density at radius 2 is 1.92 bits per heavy atom. The molecular formula is C26H24F3N5O2S. The van der Waals surface area contributed by atoms with Gasteiger partial charge in [0.1, 0.15) is 5.69 Å². The van der Waals surface area contributed by atoms with Crippen LogP contribution in [0.15, 0.2) is 54.2 Å². The zero-order valence-corrected chi connectivity index (χ0v) is 20.6. The van der Waals surface area contributed by atoms with Gasteiger partial charge >= 0.3 is 6.18 Å². The first-order valence-electron chi connectivity index (χ1n) is 11.7. The number of amides is 2. The van der Waals surface area contributed by atoms with Gasteiger partial charge < -0.3 is 9.80 Å². The molecule has 1 aliphatic heterocycles. The maximum atomic E-state index is 13.3. The summed E-state index contributed by atoms with van der Waals surface area (Å²) in [6.45, 7) is 1.17. The Labute approximate surface area is 216 Å². The molecule has 37 heavy (non-hydrogen) atoms. The minimum absolute atomic E-state index is 0.000610. The highest BCUT2D eigenvalue weighted by atomic mass is 32.1. The maximum absolute atomic E-state index is 13.3. The monoisotopic (exact) mass is 527 g/mol. The summed E-state index contributed by atoms with van der Waals surface area (Å²) in [5.74, 6) is -0.915. The normalized spacial score (nSPS) is 14.3. The van der Waals surface area contributed by atoms with Crippen LogP contribution < -0.4 is 0 Å². The Hall–Kier alpha value is -3.78. The first-order chi connectivity index (χ1) is 17.8. The highest BCUT2D eigenvalue weighted by Crippen LogP contribution is 2.34. The molecule has 1 fully saturated rings. The summed E-state index contributed by atoms with van der Waals surface area (Å²) in [5, 5.41) is 11.4. The average Bonchev–Trinajstić information content (AvgIpc) is 3.41. The number of hydrogen-bond acceptors (Lipinski definition) is 6. The van der Waals surface area contributed by atoms with Gasteiger partial charge in [0.05, 0.1) is 28.6 Å². The molecule has 3 heterocycles. The van der Waals surface area contributed by atoms with Gasteiger partial charge in [0.2, 0.25) is 0 Å². The molecule has 11 heteroatoms. The highest BCUT2D eigenvalue weighted by Gasteiger charge is 2.36. The molecule has 192 valence electrons. The van der Waals surface area contributed by atoms with Gasteiger partial charge in [-0.25, -0.2) is 4.98 Å². The topological polar surface area (TPSA) is 90.2 Å². The Morgan fingerprint density at radius 3 is 2.59 bits per heavy atom. The van der Waals surface area contributed by atoms with Crippen molar-refractivity contribution in [3.63, 3.8) is 0 Å². The van der Waals surface area contributed by atoms with Crippen LogP contribution in [0.2, 0.25) is 0 Å². The number of nitrogens with zero attached hydrogens (tertiary/aromatic N) is 5. The van der Waals surface area contributed by atoms with E-state index in [9.17, 15) is 22.8 Å². The van der Waals surface area contributed by atoms with E-state index in [4.69, 9.17) is 5.26 Å². The summed E-state index contributed by atoms with van der Waals surface area (Å²) in [6, 6.07) is 10.5. The highest BCUT2D eigenvalue weighted by molar-refractivity contribution is 7.09. The van der Waals surface area contributed by atoms with Crippen LogP contribution in [0.25, 0.3) is 0 Å². The lowest BCUT2D eigenvalue weighted by atomic mass is 9.96. The second-order valence-corrected chi connectivity index (χ2v) is 9.57.